The van der Waals surface area contributed by atoms with Crippen molar-refractivity contribution in [3.63, 3.8) is 0 Å². The van der Waals surface area contributed by atoms with Crippen LogP contribution in [0.4, 0.5) is 0 Å². The van der Waals surface area contributed by atoms with Crippen molar-refractivity contribution in [3.8, 4) is 0 Å². The van der Waals surface area contributed by atoms with E-state index < -0.39 is 0 Å². The second-order valence-corrected chi connectivity index (χ2v) is 7.53. The zero-order valence-corrected chi connectivity index (χ0v) is 12.9. The van der Waals surface area contributed by atoms with Gasteiger partial charge in [-0.05, 0) is 38.6 Å². The molecule has 0 amide bonds. The number of rotatable bonds is 3. The Morgan fingerprint density at radius 2 is 1.94 bits per heavy atom. The molecule has 0 aliphatic heterocycles. The first kappa shape index (κ1) is 14.0. The summed E-state index contributed by atoms with van der Waals surface area (Å²) in [4.78, 5) is 4.82. The molecule has 1 aliphatic rings. The molecule has 1 aromatic rings. The van der Waals surface area contributed by atoms with E-state index in [2.05, 4.69) is 38.5 Å². The summed E-state index contributed by atoms with van der Waals surface area (Å²) < 4.78 is 0. The molecule has 0 spiro atoms. The number of aromatic nitrogens is 1. The molecule has 1 fully saturated rings. The summed E-state index contributed by atoms with van der Waals surface area (Å²) >= 11 is 1.85. The lowest BCUT2D eigenvalue weighted by Gasteiger charge is -2.27. The molecule has 0 atom stereocenters. The maximum absolute atomic E-state index is 4.82. The zero-order chi connectivity index (χ0) is 13.2. The van der Waals surface area contributed by atoms with Crippen LogP contribution in [0.5, 0.6) is 0 Å². The predicted molar refractivity (Wildman–Crippen MR) is 79.3 cm³/mol. The topological polar surface area (TPSA) is 24.9 Å². The maximum atomic E-state index is 4.82. The van der Waals surface area contributed by atoms with Gasteiger partial charge in [0.2, 0.25) is 0 Å². The Hall–Kier alpha value is -0.410. The smallest absolute Gasteiger partial charge is 0.0931 e. The molecule has 102 valence electrons. The average molecular weight is 266 g/mol. The first-order valence-corrected chi connectivity index (χ1v) is 7.99. The fourth-order valence-corrected chi connectivity index (χ4v) is 3.79. The van der Waals surface area contributed by atoms with E-state index in [9.17, 15) is 0 Å². The molecule has 0 bridgehead atoms. The van der Waals surface area contributed by atoms with Crippen LogP contribution in [0.1, 0.15) is 57.2 Å². The van der Waals surface area contributed by atoms with E-state index in [1.165, 1.54) is 42.8 Å². The van der Waals surface area contributed by atoms with Crippen LogP contribution in [0.2, 0.25) is 0 Å². The highest BCUT2D eigenvalue weighted by molar-refractivity contribution is 7.09. The van der Waals surface area contributed by atoms with Gasteiger partial charge in [-0.1, -0.05) is 20.8 Å². The molecule has 0 saturated heterocycles. The molecular formula is C15H26N2S. The van der Waals surface area contributed by atoms with Gasteiger partial charge in [0.15, 0.2) is 0 Å². The Kier molecular flexibility index (Phi) is 4.44. The Balaban J connectivity index is 1.89. The highest BCUT2D eigenvalue weighted by atomic mass is 32.1. The van der Waals surface area contributed by atoms with Crippen LogP contribution in [0.3, 0.4) is 0 Å². The third-order valence-electron chi connectivity index (χ3n) is 4.04. The largest absolute Gasteiger partial charge is 0.317 e. The number of hydrogen-bond donors (Lipinski definition) is 1. The summed E-state index contributed by atoms with van der Waals surface area (Å²) in [5, 5.41) is 6.98. The van der Waals surface area contributed by atoms with Crippen molar-refractivity contribution < 1.29 is 0 Å². The van der Waals surface area contributed by atoms with Gasteiger partial charge in [0.25, 0.3) is 0 Å². The molecule has 0 aromatic carbocycles. The summed E-state index contributed by atoms with van der Waals surface area (Å²) in [5.74, 6) is 0.855. The van der Waals surface area contributed by atoms with E-state index in [1.54, 1.807) is 0 Å². The minimum absolute atomic E-state index is 0.193. The molecular weight excluding hydrogens is 240 g/mol. The van der Waals surface area contributed by atoms with E-state index in [0.29, 0.717) is 0 Å². The minimum Gasteiger partial charge on any atom is -0.317 e. The Morgan fingerprint density at radius 1 is 1.28 bits per heavy atom. The average Bonchev–Trinajstić information content (AvgIpc) is 2.78. The van der Waals surface area contributed by atoms with Crippen LogP contribution < -0.4 is 5.32 Å². The number of thiazole rings is 1. The minimum atomic E-state index is 0.193. The molecule has 1 saturated carbocycles. The van der Waals surface area contributed by atoms with E-state index >= 15 is 0 Å². The second kappa shape index (κ2) is 5.70. The van der Waals surface area contributed by atoms with Gasteiger partial charge in [-0.3, -0.25) is 0 Å². The predicted octanol–water partition coefficient (Wildman–Crippen LogP) is 3.76. The third-order valence-corrected chi connectivity index (χ3v) is 4.91. The van der Waals surface area contributed by atoms with Crippen molar-refractivity contribution in [1.82, 2.24) is 10.3 Å². The Morgan fingerprint density at radius 3 is 2.44 bits per heavy atom. The standard InChI is InChI=1S/C15H26N2S/c1-15(2,3)13-10-18-14(17-13)9-11-5-7-12(16-4)8-6-11/h10-12,16H,5-9H2,1-4H3. The van der Waals surface area contributed by atoms with Crippen molar-refractivity contribution >= 4 is 11.3 Å². The quantitative estimate of drug-likeness (QED) is 0.901. The zero-order valence-electron chi connectivity index (χ0n) is 12.1. The lowest BCUT2D eigenvalue weighted by molar-refractivity contribution is 0.300. The molecule has 18 heavy (non-hydrogen) atoms. The molecule has 3 heteroatoms. The molecule has 1 aliphatic carbocycles. The van der Waals surface area contributed by atoms with Gasteiger partial charge >= 0.3 is 0 Å². The molecule has 0 unspecified atom stereocenters. The molecule has 2 nitrogen and oxygen atoms in total. The van der Waals surface area contributed by atoms with Crippen LogP contribution in [0.25, 0.3) is 0 Å². The molecule has 2 rings (SSSR count). The number of nitrogens with zero attached hydrogens (tertiary/aromatic N) is 1. The van der Waals surface area contributed by atoms with Crippen LogP contribution in [-0.2, 0) is 11.8 Å². The third kappa shape index (κ3) is 3.55. The van der Waals surface area contributed by atoms with E-state index in [4.69, 9.17) is 4.98 Å². The second-order valence-electron chi connectivity index (χ2n) is 6.59. The Labute approximate surface area is 115 Å². The summed E-state index contributed by atoms with van der Waals surface area (Å²) in [6.07, 6.45) is 6.57. The fraction of sp³-hybridized carbons (Fsp3) is 0.800. The summed E-state index contributed by atoms with van der Waals surface area (Å²) in [5.41, 5.74) is 1.45. The SMILES string of the molecule is CNC1CCC(Cc2nc(C(C)(C)C)cs2)CC1. The number of nitrogens with one attached hydrogen (secondary N) is 1. The first-order chi connectivity index (χ1) is 8.49. The van der Waals surface area contributed by atoms with Gasteiger partial charge in [0, 0.05) is 23.3 Å². The molecule has 0 radical (unpaired) electrons. The summed E-state index contributed by atoms with van der Waals surface area (Å²) in [6, 6.07) is 0.752. The lowest BCUT2D eigenvalue weighted by atomic mass is 9.84. The fourth-order valence-electron chi connectivity index (χ4n) is 2.65. The summed E-state index contributed by atoms with van der Waals surface area (Å²) in [6.45, 7) is 6.72. The molecule has 1 aromatic heterocycles. The number of hydrogen-bond acceptors (Lipinski definition) is 3. The molecule has 1 heterocycles. The van der Waals surface area contributed by atoms with Gasteiger partial charge in [-0.15, -0.1) is 11.3 Å². The van der Waals surface area contributed by atoms with E-state index in [0.717, 1.165) is 12.0 Å². The van der Waals surface area contributed by atoms with Crippen LogP contribution >= 0.6 is 11.3 Å². The van der Waals surface area contributed by atoms with Crippen molar-refractivity contribution in [2.45, 2.75) is 64.3 Å². The lowest BCUT2D eigenvalue weighted by Crippen LogP contribution is -2.30. The van der Waals surface area contributed by atoms with Gasteiger partial charge in [0.05, 0.1) is 10.7 Å². The highest BCUT2D eigenvalue weighted by Gasteiger charge is 2.22. The Bertz CT molecular complexity index is 370. The van der Waals surface area contributed by atoms with Crippen LogP contribution in [0.15, 0.2) is 5.38 Å². The van der Waals surface area contributed by atoms with Crippen LogP contribution in [0, 0.1) is 5.92 Å². The van der Waals surface area contributed by atoms with Gasteiger partial charge in [0.1, 0.15) is 0 Å². The highest BCUT2D eigenvalue weighted by Crippen LogP contribution is 2.30. The van der Waals surface area contributed by atoms with E-state index in [1.807, 2.05) is 11.3 Å². The monoisotopic (exact) mass is 266 g/mol. The van der Waals surface area contributed by atoms with Crippen molar-refractivity contribution in [2.75, 3.05) is 7.05 Å². The molecule has 1 N–H and O–H groups in total. The summed E-state index contributed by atoms with van der Waals surface area (Å²) in [7, 11) is 2.08. The van der Waals surface area contributed by atoms with Crippen molar-refractivity contribution in [1.29, 1.82) is 0 Å². The van der Waals surface area contributed by atoms with Crippen LogP contribution in [-0.4, -0.2) is 18.1 Å². The van der Waals surface area contributed by atoms with Crippen molar-refractivity contribution in [2.24, 2.45) is 5.92 Å². The van der Waals surface area contributed by atoms with Gasteiger partial charge < -0.3 is 5.32 Å². The van der Waals surface area contributed by atoms with Gasteiger partial charge in [-0.2, -0.15) is 0 Å². The maximum Gasteiger partial charge on any atom is 0.0931 e. The first-order valence-electron chi connectivity index (χ1n) is 7.11. The van der Waals surface area contributed by atoms with E-state index in [-0.39, 0.29) is 5.41 Å². The normalized spacial score (nSPS) is 25.3. The van der Waals surface area contributed by atoms with Gasteiger partial charge in [-0.25, -0.2) is 4.98 Å². The van der Waals surface area contributed by atoms with Crippen molar-refractivity contribution in [3.05, 3.63) is 16.1 Å².